The number of amides is 1. The van der Waals surface area contributed by atoms with Gasteiger partial charge in [-0.1, -0.05) is 59.8 Å². The van der Waals surface area contributed by atoms with Crippen LogP contribution < -0.4 is 20.8 Å². The van der Waals surface area contributed by atoms with Crippen molar-refractivity contribution in [2.75, 3.05) is 32.1 Å². The Morgan fingerprint density at radius 3 is 2.17 bits per heavy atom. The van der Waals surface area contributed by atoms with E-state index in [1.165, 1.54) is 20.3 Å². The Balaban J connectivity index is 1.54. The molecule has 2 aromatic rings. The summed E-state index contributed by atoms with van der Waals surface area (Å²) in [5.41, 5.74) is -0.508. The normalized spacial score (nSPS) is 33.9. The number of benzene rings is 2. The molecule has 58 heavy (non-hydrogen) atoms. The van der Waals surface area contributed by atoms with Gasteiger partial charge in [0.15, 0.2) is 11.4 Å². The van der Waals surface area contributed by atoms with Gasteiger partial charge in [0.05, 0.1) is 47.0 Å². The number of piperidine rings is 1. The van der Waals surface area contributed by atoms with Crippen molar-refractivity contribution in [2.24, 2.45) is 39.6 Å². The molecule has 9 atom stereocenters. The summed E-state index contributed by atoms with van der Waals surface area (Å²) in [6, 6.07) is 0. The summed E-state index contributed by atoms with van der Waals surface area (Å²) in [6.45, 7) is 18.2. The molecule has 0 radical (unpaired) electrons. The summed E-state index contributed by atoms with van der Waals surface area (Å²) >= 11 is 0. The van der Waals surface area contributed by atoms with Crippen LogP contribution in [0.5, 0.6) is 17.2 Å². The van der Waals surface area contributed by atoms with Gasteiger partial charge in [0.2, 0.25) is 0 Å². The number of phenols is 2. The van der Waals surface area contributed by atoms with Crippen LogP contribution in [0.15, 0.2) is 46.1 Å². The van der Waals surface area contributed by atoms with Crippen molar-refractivity contribution in [3.8, 4) is 17.2 Å². The van der Waals surface area contributed by atoms with Gasteiger partial charge in [-0.05, 0) is 25.8 Å². The molecule has 4 heterocycles. The fourth-order valence-corrected chi connectivity index (χ4v) is 8.81. The molecule has 2 aromatic carbocycles. The minimum Gasteiger partial charge on any atom is -0.507 e. The Hall–Kier alpha value is -4.34. The number of nitrogens with one attached hydrogen (secondary N) is 1. The number of aliphatic hydroxyl groups is 3. The smallest absolute Gasteiger partial charge is 0.312 e. The molecule has 1 unspecified atom stereocenters. The largest absolute Gasteiger partial charge is 0.507 e. The molecular weight excluding hydrogens is 745 g/mol. The number of aliphatic hydroxyl groups excluding tert-OH is 3. The van der Waals surface area contributed by atoms with E-state index in [4.69, 9.17) is 24.2 Å². The number of hydrogen-bond donors (Lipinski definition) is 6. The number of likely N-dealkylation sites (tertiary alicyclic amines) is 1. The van der Waals surface area contributed by atoms with Crippen molar-refractivity contribution in [1.29, 1.82) is 0 Å². The number of ether oxygens (including phenoxy) is 3. The van der Waals surface area contributed by atoms with E-state index in [2.05, 4.69) is 24.1 Å². The number of anilines is 1. The lowest BCUT2D eigenvalue weighted by Gasteiger charge is -2.36. The maximum absolute atomic E-state index is 14.6. The van der Waals surface area contributed by atoms with Crippen LogP contribution in [0.2, 0.25) is 0 Å². The van der Waals surface area contributed by atoms with Crippen LogP contribution in [0.1, 0.15) is 84.2 Å². The number of fused-ring (bicyclic) bond motifs is 1. The Morgan fingerprint density at radius 2 is 1.53 bits per heavy atom. The second kappa shape index (κ2) is 16.4. The van der Waals surface area contributed by atoms with Gasteiger partial charge in [0, 0.05) is 86.7 Å². The quantitative estimate of drug-likeness (QED) is 0.243. The second-order valence-electron chi connectivity index (χ2n) is 17.4. The maximum atomic E-state index is 14.6. The van der Waals surface area contributed by atoms with Crippen LogP contribution in [0.25, 0.3) is 10.8 Å². The van der Waals surface area contributed by atoms with Gasteiger partial charge in [0.25, 0.3) is 11.7 Å². The van der Waals surface area contributed by atoms with E-state index < -0.39 is 77.0 Å². The van der Waals surface area contributed by atoms with Crippen molar-refractivity contribution < 1.29 is 49.3 Å². The third kappa shape index (κ3) is 7.65. The molecule has 4 bridgehead atoms. The van der Waals surface area contributed by atoms with Crippen molar-refractivity contribution in [1.82, 2.24) is 4.90 Å². The predicted octanol–water partition coefficient (Wildman–Crippen LogP) is 4.18. The van der Waals surface area contributed by atoms with Gasteiger partial charge < -0.3 is 50.0 Å². The lowest BCUT2D eigenvalue weighted by atomic mass is 9.78. The number of Topliss-reactive ketones (excluding diaryl/α,β-unsaturated/α-hetero) is 1. The summed E-state index contributed by atoms with van der Waals surface area (Å²) in [4.78, 5) is 41.1. The van der Waals surface area contributed by atoms with Gasteiger partial charge in [0.1, 0.15) is 22.5 Å². The average molecular weight is 805 g/mol. The number of carbonyl (C=O) groups is 2. The van der Waals surface area contributed by atoms with Crippen LogP contribution in [0.4, 0.5) is 5.69 Å². The molecular formula is C44H60N4O10. The molecule has 14 heteroatoms. The monoisotopic (exact) mass is 804 g/mol. The van der Waals surface area contributed by atoms with E-state index in [0.717, 1.165) is 6.54 Å². The van der Waals surface area contributed by atoms with E-state index in [1.807, 2.05) is 0 Å². The summed E-state index contributed by atoms with van der Waals surface area (Å²) in [6.07, 6.45) is 4.98. The predicted molar refractivity (Wildman–Crippen MR) is 218 cm³/mol. The van der Waals surface area contributed by atoms with Crippen LogP contribution in [-0.4, -0.2) is 105 Å². The van der Waals surface area contributed by atoms with Gasteiger partial charge in [-0.25, -0.2) is 0 Å². The summed E-state index contributed by atoms with van der Waals surface area (Å²) in [7, 11) is 1.47. The van der Waals surface area contributed by atoms with E-state index in [-0.39, 0.29) is 55.4 Å². The number of rotatable bonds is 3. The second-order valence-corrected chi connectivity index (χ2v) is 17.4. The highest BCUT2D eigenvalue weighted by Crippen LogP contribution is 2.50. The van der Waals surface area contributed by atoms with E-state index >= 15 is 0 Å². The number of ketones is 1. The molecule has 14 nitrogen and oxygen atoms in total. The topological polar surface area (TPSA) is 203 Å². The first-order valence-electron chi connectivity index (χ1n) is 20.3. The molecule has 1 amide bonds. The minimum absolute atomic E-state index is 0.0467. The first kappa shape index (κ1) is 43.2. The van der Waals surface area contributed by atoms with E-state index in [9.17, 15) is 35.1 Å². The lowest BCUT2D eigenvalue weighted by Crippen LogP contribution is -2.44. The fourth-order valence-electron chi connectivity index (χ4n) is 8.81. The highest BCUT2D eigenvalue weighted by Gasteiger charge is 2.50. The average Bonchev–Trinajstić information content (AvgIpc) is 3.69. The molecule has 4 aliphatic rings. The zero-order chi connectivity index (χ0) is 42.6. The number of allylic oxidation sites excluding steroid dienone is 2. The molecule has 6 rings (SSSR count). The molecule has 4 aliphatic heterocycles. The molecule has 1 spiro atoms. The van der Waals surface area contributed by atoms with Crippen LogP contribution in [0, 0.1) is 36.5 Å². The molecule has 316 valence electrons. The fraction of sp³-hybridized carbons (Fsp3) is 0.591. The summed E-state index contributed by atoms with van der Waals surface area (Å²) < 4.78 is 18.0. The highest BCUT2D eigenvalue weighted by atomic mass is 16.7. The first-order valence-corrected chi connectivity index (χ1v) is 20.3. The van der Waals surface area contributed by atoms with Gasteiger partial charge >= 0.3 is 5.79 Å². The summed E-state index contributed by atoms with van der Waals surface area (Å²) in [5.74, 6) is -5.71. The maximum Gasteiger partial charge on any atom is 0.312 e. The zero-order valence-corrected chi connectivity index (χ0v) is 35.2. The Labute approximate surface area is 339 Å². The van der Waals surface area contributed by atoms with Crippen LogP contribution in [-0.2, 0) is 14.3 Å². The Morgan fingerprint density at radius 1 is 0.914 bits per heavy atom. The standard InChI is InChI=1S/C44H60N4O10/c1-21(2)20-48-17-15-44(16-18-48)46-32-29-30-38(52)27(8)40-31(29)41(54)43(9,58-40)57-19-14-28(56-10)24(5)36(50)26(7)37(51)25(6)35(49)22(3)12-11-13-23(4)42(55)45-34(39(30)53)33(32)47-44/h11-14,19,21-22,24-26,28,35-37,49-53H,15-18,20H2,1-10H3,(H,45,55)/b12-11+,19-14+,23-13-/t22-,24+,25+,26-,28-,35-,36?,37+,43-/m0/s1. The van der Waals surface area contributed by atoms with Crippen molar-refractivity contribution >= 4 is 28.2 Å². The minimum atomic E-state index is -1.93. The third-order valence-electron chi connectivity index (χ3n) is 12.6. The van der Waals surface area contributed by atoms with Crippen molar-refractivity contribution in [3.63, 3.8) is 0 Å². The van der Waals surface area contributed by atoms with Gasteiger partial charge in [-0.15, -0.1) is 0 Å². The SMILES string of the molecule is CO[C@H]1/C=C/O[C@@]2(C)Oc3c(C)c(O)c4c(O)c(c5c(c4c3C2=O)=NC2(CCN(CC(C)C)CC2)N=5)NC(=O)/C(C)=C\C=C\[C@H](C)[C@H](O)[C@@H](C)[C@@H](O)[C@@H](C)C(O)[C@@H]1C. The van der Waals surface area contributed by atoms with Crippen molar-refractivity contribution in [2.45, 2.75) is 111 Å². The van der Waals surface area contributed by atoms with Gasteiger partial charge in [-0.2, -0.15) is 0 Å². The number of carbonyl (C=O) groups excluding carboxylic acids is 2. The van der Waals surface area contributed by atoms with Gasteiger partial charge in [-0.3, -0.25) is 19.6 Å². The number of methoxy groups -OCH3 is 1. The molecule has 0 aliphatic carbocycles. The number of hydrogen-bond acceptors (Lipinski definition) is 13. The summed E-state index contributed by atoms with van der Waals surface area (Å²) in [5, 5.41) is 61.1. The van der Waals surface area contributed by atoms with Crippen LogP contribution in [0.3, 0.4) is 0 Å². The molecule has 0 saturated carbocycles. The third-order valence-corrected chi connectivity index (χ3v) is 12.6. The number of phenolic OH excluding ortho intramolecular Hbond substituents is 2. The number of aromatic hydroxyl groups is 2. The van der Waals surface area contributed by atoms with Crippen LogP contribution >= 0.6 is 0 Å². The highest BCUT2D eigenvalue weighted by molar-refractivity contribution is 6.19. The molecule has 1 saturated heterocycles. The first-order chi connectivity index (χ1) is 27.3. The van der Waals surface area contributed by atoms with Crippen molar-refractivity contribution in [3.05, 3.63) is 58.0 Å². The zero-order valence-electron chi connectivity index (χ0n) is 35.2. The Bertz CT molecular complexity index is 2170. The number of nitrogens with zero attached hydrogens (tertiary/aromatic N) is 3. The Kier molecular flexibility index (Phi) is 12.2. The molecule has 6 N–H and O–H groups in total. The molecule has 1 fully saturated rings. The molecule has 0 aromatic heterocycles. The van der Waals surface area contributed by atoms with E-state index in [0.29, 0.717) is 31.8 Å². The van der Waals surface area contributed by atoms with E-state index in [1.54, 1.807) is 65.8 Å². The lowest BCUT2D eigenvalue weighted by molar-refractivity contribution is -0.112.